The molecule has 88 valence electrons. The zero-order chi connectivity index (χ0) is 11.3. The van der Waals surface area contributed by atoms with Gasteiger partial charge in [-0.1, -0.05) is 13.8 Å². The summed E-state index contributed by atoms with van der Waals surface area (Å²) in [6.45, 7) is 4.95. The third-order valence-electron chi connectivity index (χ3n) is 3.07. The molecule has 15 heavy (non-hydrogen) atoms. The van der Waals surface area contributed by atoms with Crippen LogP contribution < -0.4 is 0 Å². The zero-order valence-corrected chi connectivity index (χ0v) is 10.0. The van der Waals surface area contributed by atoms with Crippen molar-refractivity contribution in [1.29, 1.82) is 0 Å². The Balaban J connectivity index is 2.16. The Labute approximate surface area is 92.1 Å². The number of carbonyl (C=O) groups excluding carboxylic acids is 1. The van der Waals surface area contributed by atoms with Crippen molar-refractivity contribution in [3.05, 3.63) is 0 Å². The Morgan fingerprint density at radius 3 is 2.40 bits per heavy atom. The van der Waals surface area contributed by atoms with Crippen molar-refractivity contribution < 1.29 is 14.3 Å². The summed E-state index contributed by atoms with van der Waals surface area (Å²) in [5, 5.41) is 0. The molecule has 1 aliphatic carbocycles. The standard InChI is InChI=1S/C12H22O3/c1-12(2)6-4-11(5-7-12)15-9-10(13)8-14-3/h11H,4-9H2,1-3H3. The molecule has 0 radical (unpaired) electrons. The molecule has 3 heteroatoms. The van der Waals surface area contributed by atoms with Crippen molar-refractivity contribution in [1.82, 2.24) is 0 Å². The van der Waals surface area contributed by atoms with Crippen LogP contribution in [0.15, 0.2) is 0 Å². The molecule has 1 rings (SSSR count). The predicted molar refractivity (Wildman–Crippen MR) is 58.9 cm³/mol. The maximum atomic E-state index is 11.2. The van der Waals surface area contributed by atoms with Crippen molar-refractivity contribution in [3.63, 3.8) is 0 Å². The second-order valence-electron chi connectivity index (χ2n) is 5.15. The molecule has 0 aromatic carbocycles. The van der Waals surface area contributed by atoms with E-state index in [1.807, 2.05) is 0 Å². The second kappa shape index (κ2) is 5.61. The van der Waals surface area contributed by atoms with Crippen LogP contribution in [-0.2, 0) is 14.3 Å². The second-order valence-corrected chi connectivity index (χ2v) is 5.15. The highest BCUT2D eigenvalue weighted by Gasteiger charge is 2.27. The Kier molecular flexibility index (Phi) is 4.74. The molecule has 0 atom stereocenters. The van der Waals surface area contributed by atoms with Gasteiger partial charge in [0, 0.05) is 7.11 Å². The SMILES string of the molecule is COCC(=O)COC1CCC(C)(C)CC1. The van der Waals surface area contributed by atoms with Crippen LogP contribution >= 0.6 is 0 Å². The number of methoxy groups -OCH3 is 1. The molecule has 0 heterocycles. The lowest BCUT2D eigenvalue weighted by Gasteiger charge is -2.34. The van der Waals surface area contributed by atoms with Gasteiger partial charge in [0.1, 0.15) is 13.2 Å². The Bertz CT molecular complexity index is 201. The molecule has 0 aromatic rings. The molecule has 0 aliphatic heterocycles. The monoisotopic (exact) mass is 214 g/mol. The maximum absolute atomic E-state index is 11.2. The Hall–Kier alpha value is -0.410. The third kappa shape index (κ3) is 4.76. The van der Waals surface area contributed by atoms with E-state index in [-0.39, 0.29) is 25.1 Å². The van der Waals surface area contributed by atoms with Crippen LogP contribution in [0, 0.1) is 5.41 Å². The first-order chi connectivity index (χ1) is 7.03. The summed E-state index contributed by atoms with van der Waals surface area (Å²) in [7, 11) is 1.53. The van der Waals surface area contributed by atoms with Crippen LogP contribution in [-0.4, -0.2) is 32.2 Å². The Morgan fingerprint density at radius 2 is 1.87 bits per heavy atom. The third-order valence-corrected chi connectivity index (χ3v) is 3.07. The van der Waals surface area contributed by atoms with Crippen LogP contribution in [0.25, 0.3) is 0 Å². The highest BCUT2D eigenvalue weighted by Crippen LogP contribution is 2.35. The smallest absolute Gasteiger partial charge is 0.183 e. The largest absolute Gasteiger partial charge is 0.377 e. The summed E-state index contributed by atoms with van der Waals surface area (Å²) >= 11 is 0. The van der Waals surface area contributed by atoms with Crippen molar-refractivity contribution >= 4 is 5.78 Å². The lowest BCUT2D eigenvalue weighted by atomic mass is 9.76. The van der Waals surface area contributed by atoms with Gasteiger partial charge in [-0.05, 0) is 31.1 Å². The van der Waals surface area contributed by atoms with E-state index in [1.165, 1.54) is 20.0 Å². The topological polar surface area (TPSA) is 35.5 Å². The number of ketones is 1. The fraction of sp³-hybridized carbons (Fsp3) is 0.917. The number of rotatable bonds is 5. The molecular formula is C12H22O3. The van der Waals surface area contributed by atoms with Crippen molar-refractivity contribution in [2.45, 2.75) is 45.6 Å². The van der Waals surface area contributed by atoms with E-state index in [4.69, 9.17) is 9.47 Å². The average Bonchev–Trinajstić information content (AvgIpc) is 2.17. The van der Waals surface area contributed by atoms with E-state index in [1.54, 1.807) is 0 Å². The van der Waals surface area contributed by atoms with Gasteiger partial charge in [-0.3, -0.25) is 4.79 Å². The summed E-state index contributed by atoms with van der Waals surface area (Å²) in [5.41, 5.74) is 0.455. The highest BCUT2D eigenvalue weighted by atomic mass is 16.5. The molecule has 0 spiro atoms. The molecule has 0 bridgehead atoms. The van der Waals surface area contributed by atoms with Gasteiger partial charge in [0.25, 0.3) is 0 Å². The van der Waals surface area contributed by atoms with Crippen molar-refractivity contribution in [3.8, 4) is 0 Å². The molecule has 1 saturated carbocycles. The van der Waals surface area contributed by atoms with Gasteiger partial charge in [0.05, 0.1) is 6.10 Å². The van der Waals surface area contributed by atoms with E-state index in [2.05, 4.69) is 13.8 Å². The van der Waals surface area contributed by atoms with Gasteiger partial charge in [-0.25, -0.2) is 0 Å². The highest BCUT2D eigenvalue weighted by molar-refractivity contribution is 5.80. The molecule has 1 aliphatic rings. The fourth-order valence-electron chi connectivity index (χ4n) is 1.95. The van der Waals surface area contributed by atoms with Gasteiger partial charge < -0.3 is 9.47 Å². The predicted octanol–water partition coefficient (Wildman–Crippen LogP) is 2.19. The van der Waals surface area contributed by atoms with Gasteiger partial charge in [0.2, 0.25) is 0 Å². The zero-order valence-electron chi connectivity index (χ0n) is 10.0. The van der Waals surface area contributed by atoms with Gasteiger partial charge in [-0.2, -0.15) is 0 Å². The summed E-state index contributed by atoms with van der Waals surface area (Å²) in [5.74, 6) is 0.0299. The molecule has 0 N–H and O–H groups in total. The lowest BCUT2D eigenvalue weighted by molar-refractivity contribution is -0.130. The number of hydrogen-bond acceptors (Lipinski definition) is 3. The summed E-state index contributed by atoms with van der Waals surface area (Å²) in [4.78, 5) is 11.2. The number of carbonyl (C=O) groups is 1. The normalized spacial score (nSPS) is 21.5. The van der Waals surface area contributed by atoms with Crippen LogP contribution in [0.2, 0.25) is 0 Å². The fourth-order valence-corrected chi connectivity index (χ4v) is 1.95. The molecule has 0 unspecified atom stereocenters. The van der Waals surface area contributed by atoms with E-state index in [0.717, 1.165) is 12.8 Å². The molecule has 0 aromatic heterocycles. The van der Waals surface area contributed by atoms with Crippen molar-refractivity contribution in [2.75, 3.05) is 20.3 Å². The average molecular weight is 214 g/mol. The van der Waals surface area contributed by atoms with Crippen LogP contribution in [0.5, 0.6) is 0 Å². The molecular weight excluding hydrogens is 192 g/mol. The first kappa shape index (κ1) is 12.7. The molecule has 1 fully saturated rings. The van der Waals surface area contributed by atoms with E-state index < -0.39 is 0 Å². The number of hydrogen-bond donors (Lipinski definition) is 0. The minimum atomic E-state index is 0.0299. The Morgan fingerprint density at radius 1 is 1.27 bits per heavy atom. The minimum absolute atomic E-state index is 0.0299. The van der Waals surface area contributed by atoms with Gasteiger partial charge in [-0.15, -0.1) is 0 Å². The quantitative estimate of drug-likeness (QED) is 0.703. The number of ether oxygens (including phenoxy) is 2. The first-order valence-electron chi connectivity index (χ1n) is 5.66. The molecule has 3 nitrogen and oxygen atoms in total. The van der Waals surface area contributed by atoms with Gasteiger partial charge >= 0.3 is 0 Å². The molecule has 0 saturated heterocycles. The van der Waals surface area contributed by atoms with E-state index in [9.17, 15) is 4.79 Å². The lowest BCUT2D eigenvalue weighted by Crippen LogP contribution is -2.28. The maximum Gasteiger partial charge on any atom is 0.183 e. The van der Waals surface area contributed by atoms with E-state index in [0.29, 0.717) is 5.41 Å². The summed E-state index contributed by atoms with van der Waals surface area (Å²) < 4.78 is 10.3. The van der Waals surface area contributed by atoms with Crippen LogP contribution in [0.3, 0.4) is 0 Å². The summed E-state index contributed by atoms with van der Waals surface area (Å²) in [6.07, 6.45) is 4.81. The van der Waals surface area contributed by atoms with Crippen LogP contribution in [0.1, 0.15) is 39.5 Å². The van der Waals surface area contributed by atoms with E-state index >= 15 is 0 Å². The van der Waals surface area contributed by atoms with Crippen molar-refractivity contribution in [2.24, 2.45) is 5.41 Å². The van der Waals surface area contributed by atoms with Crippen LogP contribution in [0.4, 0.5) is 0 Å². The number of Topliss-reactive ketones (excluding diaryl/α,β-unsaturated/α-hetero) is 1. The summed E-state index contributed by atoms with van der Waals surface area (Å²) in [6, 6.07) is 0. The van der Waals surface area contributed by atoms with Gasteiger partial charge in [0.15, 0.2) is 5.78 Å². The molecule has 0 amide bonds. The minimum Gasteiger partial charge on any atom is -0.377 e. The first-order valence-corrected chi connectivity index (χ1v) is 5.66.